The number of rotatable bonds is 5. The molecular formula is C19H24FN5O2S. The van der Waals surface area contributed by atoms with E-state index in [1.807, 2.05) is 6.20 Å². The maximum atomic E-state index is 13.9. The summed E-state index contributed by atoms with van der Waals surface area (Å²) in [6.07, 6.45) is 5.54. The Morgan fingerprint density at radius 2 is 2.11 bits per heavy atom. The molecule has 1 amide bonds. The van der Waals surface area contributed by atoms with Gasteiger partial charge in [0.25, 0.3) is 5.91 Å². The molecule has 2 aromatic heterocycles. The van der Waals surface area contributed by atoms with Gasteiger partial charge in [-0.25, -0.2) is 13.9 Å². The molecule has 7 nitrogen and oxygen atoms in total. The van der Waals surface area contributed by atoms with Crippen molar-refractivity contribution in [2.75, 3.05) is 31.6 Å². The zero-order valence-corrected chi connectivity index (χ0v) is 16.8. The summed E-state index contributed by atoms with van der Waals surface area (Å²) < 4.78 is 27.0. The average Bonchev–Trinajstić information content (AvgIpc) is 3.19. The Bertz CT molecular complexity index is 1080. The largest absolute Gasteiger partial charge is 0.366 e. The van der Waals surface area contributed by atoms with Crippen LogP contribution < -0.4 is 5.73 Å². The molecule has 0 bridgehead atoms. The molecule has 1 aliphatic rings. The van der Waals surface area contributed by atoms with E-state index in [4.69, 9.17) is 5.73 Å². The van der Waals surface area contributed by atoms with Crippen LogP contribution in [0.1, 0.15) is 35.7 Å². The van der Waals surface area contributed by atoms with Crippen molar-refractivity contribution >= 4 is 33.4 Å². The topological polar surface area (TPSA) is 96.5 Å². The van der Waals surface area contributed by atoms with Crippen LogP contribution in [-0.2, 0) is 16.2 Å². The maximum Gasteiger partial charge on any atom is 0.251 e. The highest BCUT2D eigenvalue weighted by Gasteiger charge is 2.35. The fourth-order valence-electron chi connectivity index (χ4n) is 4.10. The number of aromatic nitrogens is 3. The van der Waals surface area contributed by atoms with Gasteiger partial charge in [-0.2, -0.15) is 0 Å². The summed E-state index contributed by atoms with van der Waals surface area (Å²) >= 11 is 0. The smallest absolute Gasteiger partial charge is 0.251 e. The molecule has 3 N–H and O–H groups in total. The number of nitrogens with two attached hydrogens (primary N) is 1. The summed E-state index contributed by atoms with van der Waals surface area (Å²) in [6, 6.07) is 2.47. The molecule has 3 aromatic rings. The van der Waals surface area contributed by atoms with E-state index >= 15 is 0 Å². The fourth-order valence-corrected chi connectivity index (χ4v) is 4.62. The summed E-state index contributed by atoms with van der Waals surface area (Å²) in [6.45, 7) is 4.90. The third kappa shape index (κ3) is 3.22. The van der Waals surface area contributed by atoms with Crippen LogP contribution in [-0.4, -0.2) is 61.3 Å². The number of likely N-dealkylation sites (tertiary alicyclic amines) is 1. The second-order valence-electron chi connectivity index (χ2n) is 7.82. The van der Waals surface area contributed by atoms with Gasteiger partial charge < -0.3 is 10.6 Å². The van der Waals surface area contributed by atoms with Crippen molar-refractivity contribution in [1.29, 1.82) is 0 Å². The normalized spacial score (nSPS) is 18.7. The van der Waals surface area contributed by atoms with E-state index in [1.54, 1.807) is 10.8 Å². The highest BCUT2D eigenvalue weighted by atomic mass is 32.2. The van der Waals surface area contributed by atoms with Crippen molar-refractivity contribution in [2.45, 2.75) is 25.2 Å². The van der Waals surface area contributed by atoms with E-state index in [1.165, 1.54) is 6.07 Å². The van der Waals surface area contributed by atoms with Crippen LogP contribution in [0.25, 0.3) is 16.7 Å². The minimum Gasteiger partial charge on any atom is -0.366 e. The molecule has 28 heavy (non-hydrogen) atoms. The molecule has 0 aliphatic carbocycles. The Kier molecular flexibility index (Phi) is 4.75. The number of nitrogens with one attached hydrogen (secondary N) is 1. The zero-order valence-electron chi connectivity index (χ0n) is 16.0. The third-order valence-electron chi connectivity index (χ3n) is 5.87. The minimum absolute atomic E-state index is 0.0874. The summed E-state index contributed by atoms with van der Waals surface area (Å²) in [5.41, 5.74) is 8.15. The molecule has 1 fully saturated rings. The highest BCUT2D eigenvalue weighted by Crippen LogP contribution is 2.38. The number of hydrogen-bond donors (Lipinski definition) is 2. The lowest BCUT2D eigenvalue weighted by molar-refractivity contribution is 0.100. The second kappa shape index (κ2) is 6.97. The van der Waals surface area contributed by atoms with E-state index in [-0.39, 0.29) is 11.0 Å². The Balaban J connectivity index is 1.69. The first kappa shape index (κ1) is 19.1. The summed E-state index contributed by atoms with van der Waals surface area (Å²) in [5, 5.41) is 3.17. The van der Waals surface area contributed by atoms with E-state index in [2.05, 4.69) is 21.9 Å². The molecule has 1 saturated heterocycles. The van der Waals surface area contributed by atoms with Crippen molar-refractivity contribution in [2.24, 2.45) is 5.73 Å². The summed E-state index contributed by atoms with van der Waals surface area (Å²) in [4.78, 5) is 18.8. The van der Waals surface area contributed by atoms with Gasteiger partial charge in [0, 0.05) is 52.6 Å². The van der Waals surface area contributed by atoms with Crippen LogP contribution in [0.5, 0.6) is 0 Å². The number of carbonyl (C=O) groups is 1. The predicted octanol–water partition coefficient (Wildman–Crippen LogP) is 1.79. The number of hydrogen-bond acceptors (Lipinski definition) is 4. The van der Waals surface area contributed by atoms with Crippen molar-refractivity contribution in [1.82, 2.24) is 19.5 Å². The van der Waals surface area contributed by atoms with E-state index in [0.717, 1.165) is 44.1 Å². The SMILES string of the molecule is CS(=O)CCN1CCC(C)(c2c[nH]n3c2nc2cc(F)cc(C(N)=O)c23)CC1. The van der Waals surface area contributed by atoms with E-state index in [9.17, 15) is 13.4 Å². The number of piperidine rings is 1. The standard InChI is InChI=1S/C19H24FN5O2S/c1-19(3-5-24(6-4-19)7-8-28(2)27)14-11-22-25-16-13(17(21)26)9-12(20)10-15(16)23-18(14)25/h9-11,22H,3-8H2,1-2H3,(H2,21,26). The van der Waals surface area contributed by atoms with Crippen LogP contribution >= 0.6 is 0 Å². The van der Waals surface area contributed by atoms with Crippen LogP contribution in [0.2, 0.25) is 0 Å². The van der Waals surface area contributed by atoms with Gasteiger partial charge in [0.15, 0.2) is 5.65 Å². The van der Waals surface area contributed by atoms with Gasteiger partial charge in [-0.05, 0) is 32.0 Å². The fraction of sp³-hybridized carbons (Fsp3) is 0.474. The summed E-state index contributed by atoms with van der Waals surface area (Å²) in [7, 11) is -0.780. The van der Waals surface area contributed by atoms with Crippen LogP contribution in [0.3, 0.4) is 0 Å². The van der Waals surface area contributed by atoms with Crippen molar-refractivity contribution < 1.29 is 13.4 Å². The number of primary amides is 1. The van der Waals surface area contributed by atoms with Crippen molar-refractivity contribution in [3.8, 4) is 0 Å². The van der Waals surface area contributed by atoms with Crippen molar-refractivity contribution in [3.63, 3.8) is 0 Å². The first-order chi connectivity index (χ1) is 13.3. The number of aromatic amines is 1. The average molecular weight is 405 g/mol. The molecular weight excluding hydrogens is 381 g/mol. The number of benzene rings is 1. The number of halogens is 1. The zero-order chi connectivity index (χ0) is 20.1. The van der Waals surface area contributed by atoms with Gasteiger partial charge in [0.1, 0.15) is 11.3 Å². The second-order valence-corrected chi connectivity index (χ2v) is 9.38. The molecule has 1 atom stereocenters. The highest BCUT2D eigenvalue weighted by molar-refractivity contribution is 7.84. The molecule has 1 unspecified atom stereocenters. The number of H-pyrrole nitrogens is 1. The van der Waals surface area contributed by atoms with Crippen LogP contribution in [0.4, 0.5) is 4.39 Å². The lowest BCUT2D eigenvalue weighted by Gasteiger charge is -2.39. The minimum atomic E-state index is -0.780. The number of carbonyl (C=O) groups excluding carboxylic acids is 1. The quantitative estimate of drug-likeness (QED) is 0.676. The van der Waals surface area contributed by atoms with E-state index < -0.39 is 22.5 Å². The van der Waals surface area contributed by atoms with Gasteiger partial charge in [-0.3, -0.25) is 14.1 Å². The molecule has 4 rings (SSSR count). The molecule has 1 aromatic carbocycles. The third-order valence-corrected chi connectivity index (χ3v) is 6.62. The van der Waals surface area contributed by atoms with Gasteiger partial charge in [0.2, 0.25) is 0 Å². The molecule has 0 radical (unpaired) electrons. The lowest BCUT2D eigenvalue weighted by Crippen LogP contribution is -2.42. The van der Waals surface area contributed by atoms with E-state index in [0.29, 0.717) is 22.4 Å². The Labute approximate surface area is 164 Å². The monoisotopic (exact) mass is 405 g/mol. The van der Waals surface area contributed by atoms with Gasteiger partial charge in [-0.1, -0.05) is 6.92 Å². The first-order valence-corrected chi connectivity index (χ1v) is 11.0. The molecule has 1 aliphatic heterocycles. The summed E-state index contributed by atoms with van der Waals surface area (Å²) in [5.74, 6) is -0.523. The Morgan fingerprint density at radius 1 is 1.39 bits per heavy atom. The molecule has 0 spiro atoms. The maximum absolute atomic E-state index is 13.9. The van der Waals surface area contributed by atoms with Gasteiger partial charge >= 0.3 is 0 Å². The molecule has 3 heterocycles. The van der Waals surface area contributed by atoms with Crippen molar-refractivity contribution in [3.05, 3.63) is 35.3 Å². The predicted molar refractivity (Wildman–Crippen MR) is 107 cm³/mol. The Hall–Kier alpha value is -2.26. The molecule has 0 saturated carbocycles. The Morgan fingerprint density at radius 3 is 2.75 bits per heavy atom. The number of nitrogens with zero attached hydrogens (tertiary/aromatic N) is 3. The molecule has 9 heteroatoms. The van der Waals surface area contributed by atoms with Gasteiger partial charge in [-0.15, -0.1) is 0 Å². The first-order valence-electron chi connectivity index (χ1n) is 9.30. The number of imidazole rings is 1. The van der Waals surface area contributed by atoms with Crippen LogP contribution in [0.15, 0.2) is 18.3 Å². The van der Waals surface area contributed by atoms with Gasteiger partial charge in [0.05, 0.1) is 11.1 Å². The number of amides is 1. The molecule has 150 valence electrons. The number of fused-ring (bicyclic) bond motifs is 3. The lowest BCUT2D eigenvalue weighted by atomic mass is 9.75. The van der Waals surface area contributed by atoms with Crippen LogP contribution in [0, 0.1) is 5.82 Å².